The minimum atomic E-state index is 0. The third-order valence-electron chi connectivity index (χ3n) is 4.81. The third kappa shape index (κ3) is 4.98. The van der Waals surface area contributed by atoms with Crippen LogP contribution in [-0.2, 0) is 4.79 Å². The number of carbonyl (C=O) groups excluding carboxylic acids is 1. The van der Waals surface area contributed by atoms with Crippen molar-refractivity contribution in [2.24, 2.45) is 0 Å². The number of anilines is 1. The van der Waals surface area contributed by atoms with Crippen molar-refractivity contribution < 1.29 is 4.79 Å². The monoisotopic (exact) mass is 393 g/mol. The van der Waals surface area contributed by atoms with E-state index in [2.05, 4.69) is 34.6 Å². The first-order valence-corrected chi connectivity index (χ1v) is 8.98. The summed E-state index contributed by atoms with van der Waals surface area (Å²) in [5.41, 5.74) is 4.32. The lowest BCUT2D eigenvalue weighted by molar-refractivity contribution is -0.118. The van der Waals surface area contributed by atoms with E-state index in [9.17, 15) is 4.79 Å². The maximum absolute atomic E-state index is 12.6. The molecular formula is C20H25Cl2N3O. The Kier molecular flexibility index (Phi) is 7.47. The van der Waals surface area contributed by atoms with Gasteiger partial charge in [0.15, 0.2) is 0 Å². The minimum absolute atomic E-state index is 0. The molecule has 3 rings (SSSR count). The van der Waals surface area contributed by atoms with Crippen molar-refractivity contribution in [2.45, 2.75) is 19.9 Å². The lowest BCUT2D eigenvalue weighted by atomic mass is 10.0. The minimum Gasteiger partial charge on any atom is -0.325 e. The van der Waals surface area contributed by atoms with Crippen LogP contribution in [0.4, 0.5) is 5.69 Å². The zero-order valence-corrected chi connectivity index (χ0v) is 16.7. The van der Waals surface area contributed by atoms with E-state index in [1.807, 2.05) is 37.3 Å². The second-order valence-corrected chi connectivity index (χ2v) is 6.98. The van der Waals surface area contributed by atoms with E-state index in [0.717, 1.165) is 41.5 Å². The molecule has 6 heteroatoms. The fourth-order valence-electron chi connectivity index (χ4n) is 3.24. The van der Waals surface area contributed by atoms with Crippen LogP contribution in [0.1, 0.15) is 22.7 Å². The number of hydrogen-bond donors (Lipinski definition) is 2. The van der Waals surface area contributed by atoms with Crippen molar-refractivity contribution in [3.8, 4) is 0 Å². The molecule has 26 heavy (non-hydrogen) atoms. The van der Waals surface area contributed by atoms with Crippen molar-refractivity contribution in [2.75, 3.05) is 31.5 Å². The Bertz CT molecular complexity index is 766. The van der Waals surface area contributed by atoms with E-state index >= 15 is 0 Å². The van der Waals surface area contributed by atoms with E-state index < -0.39 is 0 Å². The number of benzene rings is 2. The number of halogens is 2. The zero-order valence-electron chi connectivity index (χ0n) is 15.1. The average molecular weight is 394 g/mol. The molecule has 1 fully saturated rings. The topological polar surface area (TPSA) is 44.4 Å². The van der Waals surface area contributed by atoms with Gasteiger partial charge in [-0.25, -0.2) is 0 Å². The highest BCUT2D eigenvalue weighted by atomic mass is 35.5. The molecule has 1 aliphatic rings. The van der Waals surface area contributed by atoms with Gasteiger partial charge in [0.05, 0.1) is 6.54 Å². The standard InChI is InChI=1S/C20H24ClN3O.ClH/c1-14-5-3-8-18(15(14)2)23-20(25)13-24-10-9-22-12-19(24)16-6-4-7-17(21)11-16;/h3-8,11,19,22H,9-10,12-13H2,1-2H3,(H,23,25);1H. The molecule has 0 spiro atoms. The van der Waals surface area contributed by atoms with E-state index in [4.69, 9.17) is 11.6 Å². The predicted molar refractivity (Wildman–Crippen MR) is 110 cm³/mol. The Hall–Kier alpha value is -1.59. The Morgan fingerprint density at radius 1 is 1.27 bits per heavy atom. The number of hydrogen-bond acceptors (Lipinski definition) is 3. The molecule has 2 N–H and O–H groups in total. The molecule has 2 aromatic rings. The van der Waals surface area contributed by atoms with Crippen LogP contribution in [0.15, 0.2) is 42.5 Å². The van der Waals surface area contributed by atoms with E-state index in [1.165, 1.54) is 5.56 Å². The summed E-state index contributed by atoms with van der Waals surface area (Å²) in [6.07, 6.45) is 0. The molecule has 2 aromatic carbocycles. The maximum atomic E-state index is 12.6. The molecular weight excluding hydrogens is 369 g/mol. The molecule has 140 valence electrons. The number of aryl methyl sites for hydroxylation is 1. The van der Waals surface area contributed by atoms with E-state index in [1.54, 1.807) is 0 Å². The van der Waals surface area contributed by atoms with Crippen LogP contribution in [0.3, 0.4) is 0 Å². The van der Waals surface area contributed by atoms with Crippen LogP contribution < -0.4 is 10.6 Å². The normalized spacial score (nSPS) is 17.4. The van der Waals surface area contributed by atoms with Gasteiger partial charge >= 0.3 is 0 Å². The first-order chi connectivity index (χ1) is 12.0. The highest BCUT2D eigenvalue weighted by Gasteiger charge is 2.25. The van der Waals surface area contributed by atoms with Gasteiger partial charge in [-0.05, 0) is 48.7 Å². The zero-order chi connectivity index (χ0) is 17.8. The molecule has 0 bridgehead atoms. The summed E-state index contributed by atoms with van der Waals surface area (Å²) < 4.78 is 0. The fourth-order valence-corrected chi connectivity index (χ4v) is 3.44. The van der Waals surface area contributed by atoms with E-state index in [-0.39, 0.29) is 24.4 Å². The SMILES string of the molecule is Cc1cccc(NC(=O)CN2CCNCC2c2cccc(Cl)c2)c1C.Cl. The number of piperazine rings is 1. The van der Waals surface area contributed by atoms with Crippen molar-refractivity contribution in [3.63, 3.8) is 0 Å². The molecule has 1 aliphatic heterocycles. The average Bonchev–Trinajstić information content (AvgIpc) is 2.59. The Morgan fingerprint density at radius 3 is 2.81 bits per heavy atom. The Labute approximate surface area is 166 Å². The van der Waals surface area contributed by atoms with Crippen molar-refractivity contribution >= 4 is 35.6 Å². The summed E-state index contributed by atoms with van der Waals surface area (Å²) in [6.45, 7) is 6.98. The van der Waals surface area contributed by atoms with E-state index in [0.29, 0.717) is 6.54 Å². The van der Waals surface area contributed by atoms with Crippen LogP contribution in [0, 0.1) is 13.8 Å². The van der Waals surface area contributed by atoms with Crippen LogP contribution in [0.5, 0.6) is 0 Å². The predicted octanol–water partition coefficient (Wildman–Crippen LogP) is 3.96. The van der Waals surface area contributed by atoms with Gasteiger partial charge in [-0.15, -0.1) is 12.4 Å². The van der Waals surface area contributed by atoms with Gasteiger partial charge in [-0.2, -0.15) is 0 Å². The molecule has 1 heterocycles. The van der Waals surface area contributed by atoms with Gasteiger partial charge in [-0.3, -0.25) is 9.69 Å². The van der Waals surface area contributed by atoms with Crippen LogP contribution in [-0.4, -0.2) is 37.0 Å². The quantitative estimate of drug-likeness (QED) is 0.825. The summed E-state index contributed by atoms with van der Waals surface area (Å²) >= 11 is 6.14. The molecule has 1 saturated heterocycles. The molecule has 1 unspecified atom stereocenters. The summed E-state index contributed by atoms with van der Waals surface area (Å²) in [6, 6.07) is 14.0. The first-order valence-electron chi connectivity index (χ1n) is 8.61. The second-order valence-electron chi connectivity index (χ2n) is 6.54. The molecule has 1 amide bonds. The van der Waals surface area contributed by atoms with Crippen molar-refractivity contribution in [3.05, 3.63) is 64.2 Å². The van der Waals surface area contributed by atoms with Gasteiger partial charge in [-0.1, -0.05) is 35.9 Å². The van der Waals surface area contributed by atoms with Gasteiger partial charge in [0.25, 0.3) is 0 Å². The Balaban J connectivity index is 0.00000243. The lowest BCUT2D eigenvalue weighted by Gasteiger charge is -2.36. The highest BCUT2D eigenvalue weighted by molar-refractivity contribution is 6.30. The van der Waals surface area contributed by atoms with Crippen molar-refractivity contribution in [1.29, 1.82) is 0 Å². The summed E-state index contributed by atoms with van der Waals surface area (Å²) in [7, 11) is 0. The number of rotatable bonds is 4. The van der Waals surface area contributed by atoms with Crippen LogP contribution in [0.25, 0.3) is 0 Å². The summed E-state index contributed by atoms with van der Waals surface area (Å²) in [5.74, 6) is 0.0163. The van der Waals surface area contributed by atoms with Crippen molar-refractivity contribution in [1.82, 2.24) is 10.2 Å². The molecule has 0 saturated carbocycles. The first kappa shape index (κ1) is 20.7. The molecule has 1 atom stereocenters. The fraction of sp³-hybridized carbons (Fsp3) is 0.350. The number of carbonyl (C=O) groups is 1. The lowest BCUT2D eigenvalue weighted by Crippen LogP contribution is -2.48. The van der Waals surface area contributed by atoms with Gasteiger partial charge in [0.2, 0.25) is 5.91 Å². The van der Waals surface area contributed by atoms with Gasteiger partial charge in [0, 0.05) is 36.4 Å². The number of nitrogens with zero attached hydrogens (tertiary/aromatic N) is 1. The number of amides is 1. The maximum Gasteiger partial charge on any atom is 0.238 e. The highest BCUT2D eigenvalue weighted by Crippen LogP contribution is 2.25. The summed E-state index contributed by atoms with van der Waals surface area (Å²) in [4.78, 5) is 14.8. The third-order valence-corrected chi connectivity index (χ3v) is 5.05. The molecule has 4 nitrogen and oxygen atoms in total. The Morgan fingerprint density at radius 2 is 2.04 bits per heavy atom. The second kappa shape index (κ2) is 9.38. The van der Waals surface area contributed by atoms with Crippen LogP contribution in [0.2, 0.25) is 5.02 Å². The van der Waals surface area contributed by atoms with Crippen LogP contribution >= 0.6 is 24.0 Å². The van der Waals surface area contributed by atoms with Gasteiger partial charge < -0.3 is 10.6 Å². The molecule has 0 aromatic heterocycles. The smallest absolute Gasteiger partial charge is 0.238 e. The largest absolute Gasteiger partial charge is 0.325 e. The van der Waals surface area contributed by atoms with Gasteiger partial charge in [0.1, 0.15) is 0 Å². The summed E-state index contributed by atoms with van der Waals surface area (Å²) in [5, 5.41) is 7.19. The molecule has 0 aliphatic carbocycles. The molecule has 0 radical (unpaired) electrons. The number of nitrogens with one attached hydrogen (secondary N) is 2.